The lowest BCUT2D eigenvalue weighted by Gasteiger charge is -2.15. The lowest BCUT2D eigenvalue weighted by molar-refractivity contribution is -0.124. The summed E-state index contributed by atoms with van der Waals surface area (Å²) in [5, 5.41) is 2.58. The Morgan fingerprint density at radius 3 is 2.40 bits per heavy atom. The Morgan fingerprint density at radius 2 is 1.84 bits per heavy atom. The van der Waals surface area contributed by atoms with Gasteiger partial charge in [0.1, 0.15) is 5.70 Å². The van der Waals surface area contributed by atoms with Crippen molar-refractivity contribution in [3.63, 3.8) is 0 Å². The Kier molecular flexibility index (Phi) is 5.84. The second kappa shape index (κ2) is 8.05. The highest BCUT2D eigenvalue weighted by Gasteiger charge is 2.18. The van der Waals surface area contributed by atoms with Gasteiger partial charge in [-0.05, 0) is 35.9 Å². The standard InChI is InChI=1S/C18H20N2O5/c1-20(2)18(22)13(19-17(21)15-6-5-9-25-15)10-12-7-8-14(23-3)16(11-12)24-4/h5-11H,1-4H3,(H,19,21). The van der Waals surface area contributed by atoms with Gasteiger partial charge in [-0.3, -0.25) is 9.59 Å². The van der Waals surface area contributed by atoms with Crippen molar-refractivity contribution in [1.29, 1.82) is 0 Å². The lowest BCUT2D eigenvalue weighted by atomic mass is 10.1. The second-order valence-electron chi connectivity index (χ2n) is 5.30. The van der Waals surface area contributed by atoms with Crippen molar-refractivity contribution < 1.29 is 23.5 Å². The first-order chi connectivity index (χ1) is 12.0. The van der Waals surface area contributed by atoms with E-state index in [0.29, 0.717) is 17.1 Å². The number of benzene rings is 1. The molecule has 0 spiro atoms. The summed E-state index contributed by atoms with van der Waals surface area (Å²) in [6.07, 6.45) is 2.95. The number of furan rings is 1. The topological polar surface area (TPSA) is 81.0 Å². The highest BCUT2D eigenvalue weighted by atomic mass is 16.5. The van der Waals surface area contributed by atoms with E-state index in [1.807, 2.05) is 0 Å². The van der Waals surface area contributed by atoms with Crippen LogP contribution in [0.3, 0.4) is 0 Å². The fraction of sp³-hybridized carbons (Fsp3) is 0.222. The third-order valence-electron chi connectivity index (χ3n) is 3.35. The van der Waals surface area contributed by atoms with Gasteiger partial charge in [0.05, 0.1) is 20.5 Å². The molecule has 0 aliphatic heterocycles. The molecule has 0 atom stereocenters. The number of carbonyl (C=O) groups excluding carboxylic acids is 2. The molecular weight excluding hydrogens is 324 g/mol. The van der Waals surface area contributed by atoms with E-state index in [1.54, 1.807) is 44.4 Å². The van der Waals surface area contributed by atoms with Crippen molar-refractivity contribution in [1.82, 2.24) is 10.2 Å². The van der Waals surface area contributed by atoms with Crippen molar-refractivity contribution in [2.45, 2.75) is 0 Å². The molecule has 0 radical (unpaired) electrons. The Balaban J connectivity index is 2.36. The molecular formula is C18H20N2O5. The largest absolute Gasteiger partial charge is 0.493 e. The number of methoxy groups -OCH3 is 2. The molecule has 0 aliphatic carbocycles. The number of ether oxygens (including phenoxy) is 2. The number of hydrogen-bond acceptors (Lipinski definition) is 5. The minimum absolute atomic E-state index is 0.110. The van der Waals surface area contributed by atoms with Gasteiger partial charge in [0, 0.05) is 14.1 Å². The van der Waals surface area contributed by atoms with Crippen LogP contribution in [0.2, 0.25) is 0 Å². The van der Waals surface area contributed by atoms with E-state index >= 15 is 0 Å². The average Bonchev–Trinajstić information content (AvgIpc) is 3.14. The van der Waals surface area contributed by atoms with Gasteiger partial charge >= 0.3 is 0 Å². The van der Waals surface area contributed by atoms with E-state index in [2.05, 4.69) is 5.32 Å². The van der Waals surface area contributed by atoms with Crippen LogP contribution in [0.25, 0.3) is 6.08 Å². The molecule has 1 aromatic heterocycles. The first-order valence-corrected chi connectivity index (χ1v) is 7.46. The minimum atomic E-state index is -0.507. The van der Waals surface area contributed by atoms with Gasteiger partial charge in [0.15, 0.2) is 17.3 Å². The minimum Gasteiger partial charge on any atom is -0.493 e. The lowest BCUT2D eigenvalue weighted by Crippen LogP contribution is -2.34. The van der Waals surface area contributed by atoms with Gasteiger partial charge in [-0.15, -0.1) is 0 Å². The highest BCUT2D eigenvalue weighted by Crippen LogP contribution is 2.28. The van der Waals surface area contributed by atoms with Crippen molar-refractivity contribution in [3.05, 3.63) is 53.6 Å². The van der Waals surface area contributed by atoms with Gasteiger partial charge in [0.2, 0.25) is 0 Å². The summed E-state index contributed by atoms with van der Waals surface area (Å²) in [4.78, 5) is 26.0. The van der Waals surface area contributed by atoms with Crippen molar-refractivity contribution >= 4 is 17.9 Å². The first kappa shape index (κ1) is 18.1. The molecule has 7 nitrogen and oxygen atoms in total. The number of amides is 2. The van der Waals surface area contributed by atoms with Crippen LogP contribution >= 0.6 is 0 Å². The molecule has 0 saturated carbocycles. The summed E-state index contributed by atoms with van der Waals surface area (Å²) in [5.41, 5.74) is 0.779. The molecule has 1 heterocycles. The maximum Gasteiger partial charge on any atom is 0.291 e. The van der Waals surface area contributed by atoms with E-state index in [0.717, 1.165) is 0 Å². The summed E-state index contributed by atoms with van der Waals surface area (Å²) >= 11 is 0. The first-order valence-electron chi connectivity index (χ1n) is 7.46. The second-order valence-corrected chi connectivity index (χ2v) is 5.30. The van der Waals surface area contributed by atoms with Gasteiger partial charge in [-0.25, -0.2) is 0 Å². The summed E-state index contributed by atoms with van der Waals surface area (Å²) in [7, 11) is 6.27. The Labute approximate surface area is 145 Å². The van der Waals surface area contributed by atoms with Crippen LogP contribution < -0.4 is 14.8 Å². The zero-order valence-electron chi connectivity index (χ0n) is 14.5. The Morgan fingerprint density at radius 1 is 1.12 bits per heavy atom. The fourth-order valence-electron chi connectivity index (χ4n) is 2.09. The van der Waals surface area contributed by atoms with Crippen LogP contribution in [0.5, 0.6) is 11.5 Å². The Bertz CT molecular complexity index is 779. The number of likely N-dealkylation sites (N-methyl/N-ethyl adjacent to an activating group) is 1. The molecule has 1 aromatic carbocycles. The molecule has 0 fully saturated rings. The molecule has 25 heavy (non-hydrogen) atoms. The Hall–Kier alpha value is -3.22. The van der Waals surface area contributed by atoms with Crippen molar-refractivity contribution in [2.24, 2.45) is 0 Å². The molecule has 7 heteroatoms. The van der Waals surface area contributed by atoms with Crippen LogP contribution in [0.1, 0.15) is 16.1 Å². The quantitative estimate of drug-likeness (QED) is 0.812. The van der Waals surface area contributed by atoms with Crippen LogP contribution in [0, 0.1) is 0 Å². The number of hydrogen-bond donors (Lipinski definition) is 1. The SMILES string of the molecule is COc1ccc(C=C(NC(=O)c2ccco2)C(=O)N(C)C)cc1OC. The molecule has 0 saturated heterocycles. The van der Waals surface area contributed by atoms with E-state index in [-0.39, 0.29) is 17.4 Å². The highest BCUT2D eigenvalue weighted by molar-refractivity contribution is 6.04. The molecule has 2 amide bonds. The van der Waals surface area contributed by atoms with Gasteiger partial charge < -0.3 is 24.1 Å². The summed E-state index contributed by atoms with van der Waals surface area (Å²) in [6.45, 7) is 0. The van der Waals surface area contributed by atoms with Crippen LogP contribution in [0.15, 0.2) is 46.7 Å². The number of nitrogens with zero attached hydrogens (tertiary/aromatic N) is 1. The molecule has 132 valence electrons. The van der Waals surface area contributed by atoms with Gasteiger partial charge in [-0.1, -0.05) is 6.07 Å². The maximum atomic E-state index is 12.4. The maximum absolute atomic E-state index is 12.4. The summed E-state index contributed by atoms with van der Waals surface area (Å²) in [5.74, 6) is 0.344. The molecule has 0 unspecified atom stereocenters. The van der Waals surface area contributed by atoms with Crippen LogP contribution in [-0.4, -0.2) is 45.0 Å². The molecule has 0 aliphatic rings. The van der Waals surface area contributed by atoms with Gasteiger partial charge in [0.25, 0.3) is 11.8 Å². The van der Waals surface area contributed by atoms with Crippen molar-refractivity contribution in [3.8, 4) is 11.5 Å². The van der Waals surface area contributed by atoms with Crippen molar-refractivity contribution in [2.75, 3.05) is 28.3 Å². The number of carbonyl (C=O) groups is 2. The average molecular weight is 344 g/mol. The predicted octanol–water partition coefficient (Wildman–Crippen LogP) is 2.16. The smallest absolute Gasteiger partial charge is 0.291 e. The molecule has 0 bridgehead atoms. The van der Waals surface area contributed by atoms with E-state index in [4.69, 9.17) is 13.9 Å². The normalized spacial score (nSPS) is 11.0. The monoisotopic (exact) mass is 344 g/mol. The summed E-state index contributed by atoms with van der Waals surface area (Å²) in [6, 6.07) is 8.30. The zero-order chi connectivity index (χ0) is 18.4. The van der Waals surface area contributed by atoms with E-state index in [9.17, 15) is 9.59 Å². The molecule has 2 rings (SSSR count). The van der Waals surface area contributed by atoms with E-state index in [1.165, 1.54) is 31.4 Å². The van der Waals surface area contributed by atoms with Crippen LogP contribution in [0.4, 0.5) is 0 Å². The number of nitrogens with one attached hydrogen (secondary N) is 1. The third kappa shape index (κ3) is 4.41. The fourth-order valence-corrected chi connectivity index (χ4v) is 2.09. The van der Waals surface area contributed by atoms with Gasteiger partial charge in [-0.2, -0.15) is 0 Å². The number of rotatable bonds is 6. The summed E-state index contributed by atoms with van der Waals surface area (Å²) < 4.78 is 15.5. The molecule has 1 N–H and O–H groups in total. The third-order valence-corrected chi connectivity index (χ3v) is 3.35. The predicted molar refractivity (Wildman–Crippen MR) is 92.4 cm³/mol. The van der Waals surface area contributed by atoms with E-state index < -0.39 is 5.91 Å². The van der Waals surface area contributed by atoms with Crippen LogP contribution in [-0.2, 0) is 4.79 Å². The zero-order valence-corrected chi connectivity index (χ0v) is 14.5. The molecule has 2 aromatic rings.